The monoisotopic (exact) mass is 209 g/mol. The molecule has 84 valence electrons. The average Bonchev–Trinajstić information content (AvgIpc) is 1.79. The van der Waals surface area contributed by atoms with Gasteiger partial charge in [-0.2, -0.15) is 0 Å². The second kappa shape index (κ2) is 4.21. The van der Waals surface area contributed by atoms with Crippen LogP contribution in [0.25, 0.3) is 0 Å². The van der Waals surface area contributed by atoms with E-state index in [4.69, 9.17) is 10.5 Å². The highest BCUT2D eigenvalue weighted by molar-refractivity contribution is 5.71. The molecule has 0 amide bonds. The Balaban J connectivity index is 4.20. The van der Waals surface area contributed by atoms with Gasteiger partial charge in [0.1, 0.15) is 5.60 Å². The van der Waals surface area contributed by atoms with Crippen LogP contribution in [-0.4, -0.2) is 23.5 Å². The molecule has 14 heavy (non-hydrogen) atoms. The second-order valence-corrected chi connectivity index (χ2v) is 4.57. The summed E-state index contributed by atoms with van der Waals surface area (Å²) in [6, 6.07) is 0. The SMILES string of the molecule is CC(C)(C)OC(=O)CC(C)(N)C(F)F. The van der Waals surface area contributed by atoms with Crippen molar-refractivity contribution in [2.45, 2.75) is 51.7 Å². The number of ether oxygens (including phenoxy) is 1. The Morgan fingerprint density at radius 2 is 1.79 bits per heavy atom. The van der Waals surface area contributed by atoms with Crippen molar-refractivity contribution >= 4 is 5.97 Å². The molecule has 0 spiro atoms. The lowest BCUT2D eigenvalue weighted by molar-refractivity contribution is -0.157. The van der Waals surface area contributed by atoms with Gasteiger partial charge >= 0.3 is 5.97 Å². The molecule has 0 radical (unpaired) electrons. The van der Waals surface area contributed by atoms with E-state index in [2.05, 4.69) is 0 Å². The number of nitrogens with two attached hydrogens (primary N) is 1. The summed E-state index contributed by atoms with van der Waals surface area (Å²) >= 11 is 0. The summed E-state index contributed by atoms with van der Waals surface area (Å²) in [6.07, 6.45) is -3.22. The van der Waals surface area contributed by atoms with E-state index in [0.29, 0.717) is 0 Å². The third-order valence-electron chi connectivity index (χ3n) is 1.44. The summed E-state index contributed by atoms with van der Waals surface area (Å²) in [5.41, 5.74) is 2.74. The van der Waals surface area contributed by atoms with Crippen molar-refractivity contribution in [2.24, 2.45) is 5.73 Å². The van der Waals surface area contributed by atoms with E-state index in [1.54, 1.807) is 20.8 Å². The van der Waals surface area contributed by atoms with E-state index in [-0.39, 0.29) is 0 Å². The first-order chi connectivity index (χ1) is 6.04. The quantitative estimate of drug-likeness (QED) is 0.720. The van der Waals surface area contributed by atoms with E-state index < -0.39 is 30.0 Å². The number of hydrogen-bond acceptors (Lipinski definition) is 3. The van der Waals surface area contributed by atoms with Crippen molar-refractivity contribution in [1.82, 2.24) is 0 Å². The largest absolute Gasteiger partial charge is 0.460 e. The van der Waals surface area contributed by atoms with E-state index in [1.165, 1.54) is 0 Å². The van der Waals surface area contributed by atoms with Crippen LogP contribution in [0.4, 0.5) is 8.78 Å². The Bertz CT molecular complexity index is 209. The topological polar surface area (TPSA) is 52.3 Å². The summed E-state index contributed by atoms with van der Waals surface area (Å²) in [5.74, 6) is -0.706. The van der Waals surface area contributed by atoms with Crippen molar-refractivity contribution in [1.29, 1.82) is 0 Å². The van der Waals surface area contributed by atoms with Gasteiger partial charge in [-0.05, 0) is 27.7 Å². The number of hydrogen-bond donors (Lipinski definition) is 1. The van der Waals surface area contributed by atoms with Crippen molar-refractivity contribution in [2.75, 3.05) is 0 Å². The number of carbonyl (C=O) groups is 1. The van der Waals surface area contributed by atoms with Crippen LogP contribution in [0.15, 0.2) is 0 Å². The summed E-state index contributed by atoms with van der Waals surface area (Å²) in [7, 11) is 0. The maximum absolute atomic E-state index is 12.3. The predicted molar refractivity (Wildman–Crippen MR) is 49.1 cm³/mol. The van der Waals surface area contributed by atoms with Gasteiger partial charge in [-0.3, -0.25) is 4.79 Å². The molecule has 0 heterocycles. The molecular weight excluding hydrogens is 192 g/mol. The van der Waals surface area contributed by atoms with Gasteiger partial charge in [0.2, 0.25) is 0 Å². The number of halogens is 2. The Morgan fingerprint density at radius 1 is 1.36 bits per heavy atom. The molecule has 0 aliphatic rings. The molecule has 0 aliphatic carbocycles. The molecule has 3 nitrogen and oxygen atoms in total. The van der Waals surface area contributed by atoms with Crippen molar-refractivity contribution < 1.29 is 18.3 Å². The minimum atomic E-state index is -2.74. The van der Waals surface area contributed by atoms with E-state index in [0.717, 1.165) is 6.92 Å². The molecule has 0 aromatic heterocycles. The number of esters is 1. The highest BCUT2D eigenvalue weighted by Crippen LogP contribution is 2.18. The van der Waals surface area contributed by atoms with Crippen LogP contribution in [0.5, 0.6) is 0 Å². The summed E-state index contributed by atoms with van der Waals surface area (Å²) in [5, 5.41) is 0. The summed E-state index contributed by atoms with van der Waals surface area (Å²) in [4.78, 5) is 11.1. The zero-order chi connectivity index (χ0) is 11.6. The highest BCUT2D eigenvalue weighted by Gasteiger charge is 2.34. The van der Waals surface area contributed by atoms with Crippen LogP contribution in [0.1, 0.15) is 34.1 Å². The van der Waals surface area contributed by atoms with Gasteiger partial charge in [0.15, 0.2) is 0 Å². The molecule has 0 saturated heterocycles. The van der Waals surface area contributed by atoms with Crippen molar-refractivity contribution in [3.8, 4) is 0 Å². The number of alkyl halides is 2. The fourth-order valence-electron chi connectivity index (χ4n) is 0.766. The van der Waals surface area contributed by atoms with Gasteiger partial charge in [0.25, 0.3) is 6.43 Å². The van der Waals surface area contributed by atoms with Gasteiger partial charge in [-0.1, -0.05) is 0 Å². The third-order valence-corrected chi connectivity index (χ3v) is 1.44. The lowest BCUT2D eigenvalue weighted by Gasteiger charge is -2.25. The third kappa shape index (κ3) is 5.11. The second-order valence-electron chi connectivity index (χ2n) is 4.57. The zero-order valence-electron chi connectivity index (χ0n) is 8.93. The fourth-order valence-corrected chi connectivity index (χ4v) is 0.766. The first-order valence-corrected chi connectivity index (χ1v) is 4.33. The lowest BCUT2D eigenvalue weighted by Crippen LogP contribution is -2.46. The smallest absolute Gasteiger partial charge is 0.308 e. The maximum atomic E-state index is 12.3. The molecule has 0 aromatic carbocycles. The van der Waals surface area contributed by atoms with Gasteiger partial charge in [-0.25, -0.2) is 8.78 Å². The molecule has 1 atom stereocenters. The number of rotatable bonds is 3. The maximum Gasteiger partial charge on any atom is 0.308 e. The minimum absolute atomic E-state index is 0.484. The zero-order valence-corrected chi connectivity index (χ0v) is 8.93. The molecule has 1 unspecified atom stereocenters. The van der Waals surface area contributed by atoms with Gasteiger partial charge in [0, 0.05) is 0 Å². The normalized spacial score (nSPS) is 16.6. The Kier molecular flexibility index (Phi) is 4.00. The predicted octanol–water partition coefficient (Wildman–Crippen LogP) is 1.70. The molecule has 0 rings (SSSR count). The molecule has 5 heteroatoms. The first-order valence-electron chi connectivity index (χ1n) is 4.33. The van der Waals surface area contributed by atoms with Crippen LogP contribution in [0.3, 0.4) is 0 Å². The molecule has 2 N–H and O–H groups in total. The molecule has 0 aromatic rings. The summed E-state index contributed by atoms with van der Waals surface area (Å²) in [6.45, 7) is 6.13. The van der Waals surface area contributed by atoms with Gasteiger partial charge in [0.05, 0.1) is 12.0 Å². The van der Waals surface area contributed by atoms with Crippen molar-refractivity contribution in [3.63, 3.8) is 0 Å². The average molecular weight is 209 g/mol. The Labute approximate surface area is 82.6 Å². The molecular formula is C9H17F2NO2. The first kappa shape index (κ1) is 13.3. The van der Waals surface area contributed by atoms with Crippen molar-refractivity contribution in [3.05, 3.63) is 0 Å². The Morgan fingerprint density at radius 3 is 2.07 bits per heavy atom. The number of carbonyl (C=O) groups excluding carboxylic acids is 1. The van der Waals surface area contributed by atoms with Crippen LogP contribution in [0.2, 0.25) is 0 Å². The van der Waals surface area contributed by atoms with Crippen LogP contribution < -0.4 is 5.73 Å². The molecule has 0 aliphatic heterocycles. The highest BCUT2D eigenvalue weighted by atomic mass is 19.3. The van der Waals surface area contributed by atoms with Crippen LogP contribution in [0, 0.1) is 0 Å². The van der Waals surface area contributed by atoms with Crippen LogP contribution >= 0.6 is 0 Å². The fraction of sp³-hybridized carbons (Fsp3) is 0.889. The van der Waals surface area contributed by atoms with E-state index in [9.17, 15) is 13.6 Å². The van der Waals surface area contributed by atoms with E-state index in [1.807, 2.05) is 0 Å². The Hall–Kier alpha value is -0.710. The van der Waals surface area contributed by atoms with Crippen LogP contribution in [-0.2, 0) is 9.53 Å². The molecule has 0 bridgehead atoms. The summed E-state index contributed by atoms with van der Waals surface area (Å²) < 4.78 is 29.4. The van der Waals surface area contributed by atoms with E-state index >= 15 is 0 Å². The van der Waals surface area contributed by atoms with Gasteiger partial charge < -0.3 is 10.5 Å². The minimum Gasteiger partial charge on any atom is -0.460 e. The standard InChI is InChI=1S/C9H17F2NO2/c1-8(2,3)14-6(13)5-9(4,12)7(10)11/h7H,5,12H2,1-4H3. The lowest BCUT2D eigenvalue weighted by atomic mass is 10.0. The van der Waals surface area contributed by atoms with Gasteiger partial charge in [-0.15, -0.1) is 0 Å². The molecule has 0 saturated carbocycles. The molecule has 0 fully saturated rings.